The Hall–Kier alpha value is -3.30. The third-order valence-corrected chi connectivity index (χ3v) is 7.79. The van der Waals surface area contributed by atoms with Gasteiger partial charge in [-0.3, -0.25) is 14.5 Å². The van der Waals surface area contributed by atoms with E-state index < -0.39 is 5.54 Å². The fourth-order valence-electron chi connectivity index (χ4n) is 5.49. The van der Waals surface area contributed by atoms with Gasteiger partial charge in [0.2, 0.25) is 5.91 Å². The molecule has 2 amide bonds. The first-order chi connectivity index (χ1) is 17.5. The Bertz CT molecular complexity index is 1310. The molecule has 36 heavy (non-hydrogen) atoms. The minimum absolute atomic E-state index is 0.00627. The number of carbonyl (C=O) groups is 2. The molecular weight excluding hydrogens is 472 g/mol. The third-order valence-electron chi connectivity index (χ3n) is 7.60. The maximum atomic E-state index is 13.2. The highest BCUT2D eigenvalue weighted by Gasteiger charge is 2.45. The number of piperidine rings is 2. The lowest BCUT2D eigenvalue weighted by molar-refractivity contribution is -0.134. The first kappa shape index (κ1) is 24.4. The van der Waals surface area contributed by atoms with Gasteiger partial charge >= 0.3 is 0 Å². The van der Waals surface area contributed by atoms with Gasteiger partial charge in [-0.15, -0.1) is 0 Å². The van der Waals surface area contributed by atoms with E-state index in [4.69, 9.17) is 18.0 Å². The van der Waals surface area contributed by atoms with Crippen molar-refractivity contribution in [2.75, 3.05) is 31.5 Å². The molecule has 2 aliphatic heterocycles. The molecule has 2 aromatic carbocycles. The number of hydrogen-bond acceptors (Lipinski definition) is 6. The Morgan fingerprint density at radius 2 is 1.69 bits per heavy atom. The van der Waals surface area contributed by atoms with E-state index in [1.165, 1.54) is 6.42 Å². The van der Waals surface area contributed by atoms with Crippen molar-refractivity contribution < 1.29 is 9.59 Å². The van der Waals surface area contributed by atoms with E-state index in [0.29, 0.717) is 42.8 Å². The van der Waals surface area contributed by atoms with E-state index in [0.717, 1.165) is 48.2 Å². The number of anilines is 1. The molecule has 0 unspecified atom stereocenters. The topological polar surface area (TPSA) is 107 Å². The Balaban J connectivity index is 1.22. The summed E-state index contributed by atoms with van der Waals surface area (Å²) in [4.78, 5) is 37.3. The number of H-pyrrole nitrogens is 1. The van der Waals surface area contributed by atoms with Crippen molar-refractivity contribution in [3.8, 4) is 0 Å². The molecular formula is C27H32N6O2S. The number of rotatable bonds is 6. The van der Waals surface area contributed by atoms with Gasteiger partial charge in [-0.05, 0) is 80.8 Å². The summed E-state index contributed by atoms with van der Waals surface area (Å²) in [5.74, 6) is 0.470. The predicted molar refractivity (Wildman–Crippen MR) is 143 cm³/mol. The van der Waals surface area contributed by atoms with Crippen LogP contribution in [0.1, 0.15) is 48.0 Å². The van der Waals surface area contributed by atoms with Gasteiger partial charge < -0.3 is 20.9 Å². The largest absolute Gasteiger partial charge is 0.368 e. The number of carbonyl (C=O) groups excluding carboxylic acids is 2. The van der Waals surface area contributed by atoms with Crippen LogP contribution in [0, 0.1) is 4.77 Å². The van der Waals surface area contributed by atoms with Crippen LogP contribution < -0.4 is 11.1 Å². The van der Waals surface area contributed by atoms with Gasteiger partial charge in [0.25, 0.3) is 5.91 Å². The Morgan fingerprint density at radius 3 is 2.39 bits per heavy atom. The number of para-hydroxylation sites is 1. The van der Waals surface area contributed by atoms with E-state index in [1.54, 1.807) is 0 Å². The van der Waals surface area contributed by atoms with Crippen molar-refractivity contribution >= 4 is 40.8 Å². The fraction of sp³-hybridized carbons (Fsp3) is 0.407. The SMILES string of the molecule is NC(=O)C1(N2CCCCC2)CCN(C(=O)c2ccc(CNc3nc(=S)[nH]c4ccccc34)cc2)CC1. The highest BCUT2D eigenvalue weighted by Crippen LogP contribution is 2.32. The van der Waals surface area contributed by atoms with Crippen molar-refractivity contribution in [2.45, 2.75) is 44.2 Å². The summed E-state index contributed by atoms with van der Waals surface area (Å²) < 4.78 is 0.430. The molecule has 0 aliphatic carbocycles. The van der Waals surface area contributed by atoms with Crippen molar-refractivity contribution in [2.24, 2.45) is 5.73 Å². The van der Waals surface area contributed by atoms with Crippen LogP contribution in [-0.2, 0) is 11.3 Å². The molecule has 2 saturated heterocycles. The van der Waals surface area contributed by atoms with E-state index >= 15 is 0 Å². The van der Waals surface area contributed by atoms with E-state index in [-0.39, 0.29) is 11.8 Å². The van der Waals surface area contributed by atoms with Gasteiger partial charge in [-0.2, -0.15) is 0 Å². The van der Waals surface area contributed by atoms with Crippen LogP contribution in [0.15, 0.2) is 48.5 Å². The van der Waals surface area contributed by atoms with Gasteiger partial charge in [0.1, 0.15) is 11.4 Å². The van der Waals surface area contributed by atoms with E-state index in [9.17, 15) is 9.59 Å². The number of nitrogens with two attached hydrogens (primary N) is 1. The van der Waals surface area contributed by atoms with Crippen molar-refractivity contribution in [1.82, 2.24) is 19.8 Å². The maximum absolute atomic E-state index is 13.2. The zero-order chi connectivity index (χ0) is 25.1. The number of amides is 2. The Morgan fingerprint density at radius 1 is 1.00 bits per heavy atom. The summed E-state index contributed by atoms with van der Waals surface area (Å²) in [5, 5.41) is 4.34. The maximum Gasteiger partial charge on any atom is 0.253 e. The minimum atomic E-state index is -0.620. The lowest BCUT2D eigenvalue weighted by Crippen LogP contribution is -2.63. The Labute approximate surface area is 215 Å². The van der Waals surface area contributed by atoms with Gasteiger partial charge in [-0.25, -0.2) is 4.98 Å². The number of aromatic amines is 1. The van der Waals surface area contributed by atoms with Crippen LogP contribution >= 0.6 is 12.2 Å². The minimum Gasteiger partial charge on any atom is -0.368 e. The summed E-state index contributed by atoms with van der Waals surface area (Å²) in [7, 11) is 0. The number of primary amides is 1. The molecule has 0 radical (unpaired) electrons. The molecule has 2 aliphatic rings. The lowest BCUT2D eigenvalue weighted by atomic mass is 9.83. The van der Waals surface area contributed by atoms with Crippen LogP contribution in [0.3, 0.4) is 0 Å². The van der Waals surface area contributed by atoms with Crippen LogP contribution in [-0.4, -0.2) is 63.3 Å². The van der Waals surface area contributed by atoms with Crippen molar-refractivity contribution in [3.05, 3.63) is 64.4 Å². The second-order valence-electron chi connectivity index (χ2n) is 9.72. The number of aromatic nitrogens is 2. The first-order valence-corrected chi connectivity index (χ1v) is 13.0. The average molecular weight is 505 g/mol. The number of hydrogen-bond donors (Lipinski definition) is 3. The highest BCUT2D eigenvalue weighted by atomic mass is 32.1. The molecule has 1 aromatic heterocycles. The monoisotopic (exact) mass is 504 g/mol. The highest BCUT2D eigenvalue weighted by molar-refractivity contribution is 7.71. The quantitative estimate of drug-likeness (QED) is 0.440. The number of benzene rings is 2. The second kappa shape index (κ2) is 10.4. The molecule has 4 N–H and O–H groups in total. The van der Waals surface area contributed by atoms with Gasteiger partial charge in [0.05, 0.1) is 5.52 Å². The van der Waals surface area contributed by atoms with Crippen LogP contribution in [0.5, 0.6) is 0 Å². The first-order valence-electron chi connectivity index (χ1n) is 12.6. The predicted octanol–water partition coefficient (Wildman–Crippen LogP) is 3.85. The second-order valence-corrected chi connectivity index (χ2v) is 10.1. The molecule has 5 rings (SSSR count). The standard InChI is InChI=1S/C27H32N6O2S/c28-25(35)27(33-14-4-1-5-15-33)12-16-32(17-13-27)24(34)20-10-8-19(9-11-20)18-29-23-21-6-2-3-7-22(21)30-26(36)31-23/h2-3,6-11H,1,4-5,12-18H2,(H2,28,35)(H2,29,30,31,36). The summed E-state index contributed by atoms with van der Waals surface area (Å²) in [5.41, 5.74) is 7.89. The summed E-state index contributed by atoms with van der Waals surface area (Å²) in [6.45, 7) is 3.45. The number of likely N-dealkylation sites (tertiary alicyclic amines) is 2. The van der Waals surface area contributed by atoms with Gasteiger partial charge in [-0.1, -0.05) is 30.7 Å². The lowest BCUT2D eigenvalue weighted by Gasteiger charge is -2.48. The molecule has 0 atom stereocenters. The number of nitrogens with one attached hydrogen (secondary N) is 2. The normalized spacial score (nSPS) is 18.2. The third kappa shape index (κ3) is 4.85. The molecule has 3 aromatic rings. The molecule has 9 heteroatoms. The van der Waals surface area contributed by atoms with Crippen LogP contribution in [0.4, 0.5) is 5.82 Å². The Kier molecular flexibility index (Phi) is 7.02. The van der Waals surface area contributed by atoms with E-state index in [2.05, 4.69) is 20.2 Å². The number of nitrogens with zero attached hydrogens (tertiary/aromatic N) is 3. The molecule has 0 saturated carbocycles. The summed E-state index contributed by atoms with van der Waals surface area (Å²) in [6, 6.07) is 15.5. The van der Waals surface area contributed by atoms with Gasteiger partial charge in [0, 0.05) is 30.6 Å². The smallest absolute Gasteiger partial charge is 0.253 e. The van der Waals surface area contributed by atoms with Crippen LogP contribution in [0.25, 0.3) is 10.9 Å². The molecule has 8 nitrogen and oxygen atoms in total. The fourth-order valence-corrected chi connectivity index (χ4v) is 5.69. The van der Waals surface area contributed by atoms with E-state index in [1.807, 2.05) is 53.4 Å². The van der Waals surface area contributed by atoms with Crippen molar-refractivity contribution in [3.63, 3.8) is 0 Å². The zero-order valence-electron chi connectivity index (χ0n) is 20.3. The average Bonchev–Trinajstić information content (AvgIpc) is 2.92. The van der Waals surface area contributed by atoms with Crippen LogP contribution in [0.2, 0.25) is 0 Å². The molecule has 2 fully saturated rings. The van der Waals surface area contributed by atoms with Crippen molar-refractivity contribution in [1.29, 1.82) is 0 Å². The summed E-state index contributed by atoms with van der Waals surface area (Å²) in [6.07, 6.45) is 4.59. The zero-order valence-corrected chi connectivity index (χ0v) is 21.2. The molecule has 3 heterocycles. The summed E-state index contributed by atoms with van der Waals surface area (Å²) >= 11 is 5.25. The number of fused-ring (bicyclic) bond motifs is 1. The molecule has 0 spiro atoms. The van der Waals surface area contributed by atoms with Gasteiger partial charge in [0.15, 0.2) is 4.77 Å². The molecule has 188 valence electrons. The molecule has 0 bridgehead atoms.